The highest BCUT2D eigenvalue weighted by atomic mass is 16.1. The highest BCUT2D eigenvalue weighted by molar-refractivity contribution is 5.63. The minimum atomic E-state index is -0.198. The van der Waals surface area contributed by atoms with Crippen molar-refractivity contribution in [1.29, 1.82) is 5.26 Å². The maximum Gasteiger partial charge on any atom is 0.267 e. The van der Waals surface area contributed by atoms with Crippen LogP contribution in [0.4, 0.5) is 0 Å². The van der Waals surface area contributed by atoms with E-state index < -0.39 is 0 Å². The number of rotatable bonds is 1. The summed E-state index contributed by atoms with van der Waals surface area (Å²) in [5.74, 6) is 0. The van der Waals surface area contributed by atoms with Gasteiger partial charge in [0.05, 0.1) is 11.3 Å². The monoisotopic (exact) mass is 226 g/mol. The van der Waals surface area contributed by atoms with E-state index in [4.69, 9.17) is 5.26 Å². The van der Waals surface area contributed by atoms with Gasteiger partial charge in [-0.1, -0.05) is 0 Å². The molecule has 0 saturated carbocycles. The predicted octanol–water partition coefficient (Wildman–Crippen LogP) is 1.32. The maximum atomic E-state index is 11.4. The van der Waals surface area contributed by atoms with Gasteiger partial charge < -0.3 is 0 Å². The van der Waals surface area contributed by atoms with Crippen molar-refractivity contribution in [3.63, 3.8) is 0 Å². The zero-order valence-electron chi connectivity index (χ0n) is 9.48. The van der Waals surface area contributed by atoms with E-state index in [1.807, 2.05) is 13.0 Å². The lowest BCUT2D eigenvalue weighted by molar-refractivity contribution is 0.957. The molecule has 0 radical (unpaired) electrons. The normalized spacial score (nSPS) is 9.94. The third kappa shape index (κ3) is 1.93. The number of hydrogen-bond donors (Lipinski definition) is 1. The van der Waals surface area contributed by atoms with E-state index >= 15 is 0 Å². The Morgan fingerprint density at radius 1 is 1.29 bits per heavy atom. The summed E-state index contributed by atoms with van der Waals surface area (Å²) >= 11 is 0. The molecule has 1 N–H and O–H groups in total. The first-order valence-corrected chi connectivity index (χ1v) is 5.05. The van der Waals surface area contributed by atoms with E-state index in [9.17, 15) is 4.79 Å². The van der Waals surface area contributed by atoms with E-state index in [0.717, 1.165) is 11.1 Å². The van der Waals surface area contributed by atoms with Crippen LogP contribution >= 0.6 is 0 Å². The van der Waals surface area contributed by atoms with Gasteiger partial charge in [-0.2, -0.15) is 10.4 Å². The van der Waals surface area contributed by atoms with Crippen LogP contribution in [0, 0.1) is 25.2 Å². The molecule has 2 heterocycles. The molecule has 0 aromatic carbocycles. The van der Waals surface area contributed by atoms with Gasteiger partial charge in [0.1, 0.15) is 6.07 Å². The lowest BCUT2D eigenvalue weighted by atomic mass is 10.0. The Labute approximate surface area is 97.8 Å². The summed E-state index contributed by atoms with van der Waals surface area (Å²) in [5, 5.41) is 15.2. The molecule has 0 aliphatic rings. The Morgan fingerprint density at radius 3 is 2.76 bits per heavy atom. The Kier molecular flexibility index (Phi) is 2.71. The molecule has 0 saturated heterocycles. The van der Waals surface area contributed by atoms with Crippen LogP contribution in [-0.4, -0.2) is 15.2 Å². The minimum absolute atomic E-state index is 0.198. The molecule has 0 fully saturated rings. The number of nitriles is 1. The van der Waals surface area contributed by atoms with Gasteiger partial charge in [0.25, 0.3) is 5.56 Å². The Balaban J connectivity index is 2.65. The second-order valence-corrected chi connectivity index (χ2v) is 3.73. The summed E-state index contributed by atoms with van der Waals surface area (Å²) in [6.07, 6.45) is 3.10. The second kappa shape index (κ2) is 4.18. The van der Waals surface area contributed by atoms with Crippen molar-refractivity contribution < 1.29 is 0 Å². The molecule has 0 aliphatic heterocycles. The average molecular weight is 226 g/mol. The molecule has 84 valence electrons. The van der Waals surface area contributed by atoms with Crippen molar-refractivity contribution in [2.24, 2.45) is 0 Å². The third-order valence-corrected chi connectivity index (χ3v) is 2.67. The predicted molar refractivity (Wildman–Crippen MR) is 62.3 cm³/mol. The molecule has 5 heteroatoms. The van der Waals surface area contributed by atoms with Gasteiger partial charge >= 0.3 is 0 Å². The van der Waals surface area contributed by atoms with Gasteiger partial charge in [-0.15, -0.1) is 0 Å². The van der Waals surface area contributed by atoms with Gasteiger partial charge in [0.2, 0.25) is 0 Å². The zero-order valence-corrected chi connectivity index (χ0v) is 9.48. The molecular formula is C12H10N4O. The molecule has 0 bridgehead atoms. The van der Waals surface area contributed by atoms with Crippen molar-refractivity contribution in [3.05, 3.63) is 45.5 Å². The standard InChI is InChI=1S/C12H10N4O/c1-7-8(2)12(17)16-15-11(7)10-3-9(4-13)5-14-6-10/h3,5-6H,1-2H3,(H,16,17). The molecule has 0 aliphatic carbocycles. The van der Waals surface area contributed by atoms with Gasteiger partial charge in [-0.05, 0) is 25.5 Å². The van der Waals surface area contributed by atoms with Crippen molar-refractivity contribution in [1.82, 2.24) is 15.2 Å². The van der Waals surface area contributed by atoms with Crippen LogP contribution in [-0.2, 0) is 0 Å². The lowest BCUT2D eigenvalue weighted by Gasteiger charge is -2.06. The van der Waals surface area contributed by atoms with Crippen LogP contribution in [0.2, 0.25) is 0 Å². The SMILES string of the molecule is Cc1c(-c2cncc(C#N)c2)n[nH]c(=O)c1C. The number of hydrogen-bond acceptors (Lipinski definition) is 4. The van der Waals surface area contributed by atoms with E-state index in [0.29, 0.717) is 16.8 Å². The summed E-state index contributed by atoms with van der Waals surface area (Å²) < 4.78 is 0. The molecule has 17 heavy (non-hydrogen) atoms. The van der Waals surface area contributed by atoms with Crippen molar-refractivity contribution in [2.45, 2.75) is 13.8 Å². The van der Waals surface area contributed by atoms with Crippen LogP contribution in [0.1, 0.15) is 16.7 Å². The summed E-state index contributed by atoms with van der Waals surface area (Å²) in [4.78, 5) is 15.3. The van der Waals surface area contributed by atoms with Crippen LogP contribution in [0.25, 0.3) is 11.3 Å². The molecule has 0 amide bonds. The largest absolute Gasteiger partial charge is 0.268 e. The molecule has 2 rings (SSSR count). The Hall–Kier alpha value is -2.48. The van der Waals surface area contributed by atoms with Crippen molar-refractivity contribution in [3.8, 4) is 17.3 Å². The Morgan fingerprint density at radius 2 is 2.06 bits per heavy atom. The molecular weight excluding hydrogens is 216 g/mol. The fourth-order valence-electron chi connectivity index (χ4n) is 1.53. The lowest BCUT2D eigenvalue weighted by Crippen LogP contribution is -2.14. The van der Waals surface area contributed by atoms with E-state index in [2.05, 4.69) is 15.2 Å². The quantitative estimate of drug-likeness (QED) is 0.794. The second-order valence-electron chi connectivity index (χ2n) is 3.73. The summed E-state index contributed by atoms with van der Waals surface area (Å²) in [7, 11) is 0. The highest BCUT2D eigenvalue weighted by Crippen LogP contribution is 2.20. The van der Waals surface area contributed by atoms with Gasteiger partial charge in [-0.3, -0.25) is 9.78 Å². The number of pyridine rings is 1. The van der Waals surface area contributed by atoms with Crippen LogP contribution in [0.3, 0.4) is 0 Å². The topological polar surface area (TPSA) is 82.4 Å². The van der Waals surface area contributed by atoms with Crippen molar-refractivity contribution in [2.75, 3.05) is 0 Å². The fourth-order valence-corrected chi connectivity index (χ4v) is 1.53. The molecule has 0 unspecified atom stereocenters. The van der Waals surface area contributed by atoms with Crippen LogP contribution in [0.5, 0.6) is 0 Å². The van der Waals surface area contributed by atoms with E-state index in [1.54, 1.807) is 19.2 Å². The summed E-state index contributed by atoms with van der Waals surface area (Å²) in [6, 6.07) is 3.71. The Bertz CT molecular complexity index is 667. The van der Waals surface area contributed by atoms with Crippen LogP contribution < -0.4 is 5.56 Å². The maximum absolute atomic E-state index is 11.4. The van der Waals surface area contributed by atoms with Gasteiger partial charge in [-0.25, -0.2) is 5.10 Å². The number of aromatic nitrogens is 3. The molecule has 2 aromatic heterocycles. The van der Waals surface area contributed by atoms with Crippen molar-refractivity contribution >= 4 is 0 Å². The van der Waals surface area contributed by atoms with E-state index in [1.165, 1.54) is 6.20 Å². The summed E-state index contributed by atoms with van der Waals surface area (Å²) in [6.45, 7) is 3.56. The van der Waals surface area contributed by atoms with Gasteiger partial charge in [0.15, 0.2) is 0 Å². The number of H-pyrrole nitrogens is 1. The first-order valence-electron chi connectivity index (χ1n) is 5.05. The van der Waals surface area contributed by atoms with E-state index in [-0.39, 0.29) is 5.56 Å². The third-order valence-electron chi connectivity index (χ3n) is 2.67. The fraction of sp³-hybridized carbons (Fsp3) is 0.167. The smallest absolute Gasteiger partial charge is 0.267 e. The van der Waals surface area contributed by atoms with Gasteiger partial charge in [0, 0.05) is 23.5 Å². The number of nitrogens with one attached hydrogen (secondary N) is 1. The number of aromatic amines is 1. The zero-order chi connectivity index (χ0) is 12.4. The highest BCUT2D eigenvalue weighted by Gasteiger charge is 2.09. The first kappa shape index (κ1) is 11.0. The molecule has 0 atom stereocenters. The summed E-state index contributed by atoms with van der Waals surface area (Å²) in [5.41, 5.74) is 3.05. The molecule has 2 aromatic rings. The number of nitrogens with zero attached hydrogens (tertiary/aromatic N) is 3. The minimum Gasteiger partial charge on any atom is -0.268 e. The average Bonchev–Trinajstić information content (AvgIpc) is 2.36. The van der Waals surface area contributed by atoms with Crippen LogP contribution in [0.15, 0.2) is 23.3 Å². The molecule has 0 spiro atoms. The molecule has 5 nitrogen and oxygen atoms in total. The first-order chi connectivity index (χ1) is 8.13.